The van der Waals surface area contributed by atoms with Gasteiger partial charge in [-0.1, -0.05) is 26.7 Å². The number of hydrogen-bond acceptors (Lipinski definition) is 6. The summed E-state index contributed by atoms with van der Waals surface area (Å²) >= 11 is 0. The zero-order valence-electron chi connectivity index (χ0n) is 16.2. The van der Waals surface area contributed by atoms with Gasteiger partial charge in [0.2, 0.25) is 0 Å². The van der Waals surface area contributed by atoms with Crippen LogP contribution >= 0.6 is 0 Å². The molecule has 0 heterocycles. The van der Waals surface area contributed by atoms with E-state index < -0.39 is 0 Å². The van der Waals surface area contributed by atoms with E-state index in [0.717, 1.165) is 38.9 Å². The minimum absolute atomic E-state index is 0.0697. The summed E-state index contributed by atoms with van der Waals surface area (Å²) in [5.41, 5.74) is 0. The topological polar surface area (TPSA) is 77.4 Å². The van der Waals surface area contributed by atoms with Gasteiger partial charge in [-0.25, -0.2) is 0 Å². The average molecular weight is 353 g/mol. The Labute approximate surface area is 148 Å². The molecule has 0 aliphatic heterocycles. The van der Waals surface area contributed by atoms with Crippen LogP contribution in [-0.4, -0.2) is 75.3 Å². The van der Waals surface area contributed by atoms with Gasteiger partial charge in [-0.15, -0.1) is 0 Å². The highest BCUT2D eigenvalue weighted by molar-refractivity contribution is 4.44. The average Bonchev–Trinajstić information content (AvgIpc) is 2.57. The molecule has 0 rings (SSSR count). The molecule has 6 nitrogen and oxygen atoms in total. The highest BCUT2D eigenvalue weighted by Gasteiger charge is 1.97. The molecule has 0 saturated heterocycles. The molecular weight excluding hydrogens is 312 g/mol. The number of aliphatic hydroxyl groups is 2. The Hall–Kier alpha value is -0.240. The molecule has 0 radical (unpaired) electrons. The van der Waals surface area contributed by atoms with Crippen LogP contribution in [0.15, 0.2) is 0 Å². The zero-order valence-corrected chi connectivity index (χ0v) is 16.2. The Bertz CT molecular complexity index is 214. The molecule has 0 saturated carbocycles. The molecule has 6 heteroatoms. The van der Waals surface area contributed by atoms with Crippen molar-refractivity contribution in [2.24, 2.45) is 0 Å². The second-order valence-corrected chi connectivity index (χ2v) is 5.72. The fraction of sp³-hybridized carbons (Fsp3) is 1.00. The zero-order chi connectivity index (χ0) is 18.5. The summed E-state index contributed by atoms with van der Waals surface area (Å²) in [6, 6.07) is 0. The van der Waals surface area contributed by atoms with Gasteiger partial charge in [0.25, 0.3) is 0 Å². The van der Waals surface area contributed by atoms with Gasteiger partial charge in [0, 0.05) is 13.2 Å². The molecule has 0 spiro atoms. The van der Waals surface area contributed by atoms with E-state index in [-0.39, 0.29) is 18.8 Å². The largest absolute Gasteiger partial charge is 0.394 e. The van der Waals surface area contributed by atoms with Crippen LogP contribution in [0.25, 0.3) is 0 Å². The minimum atomic E-state index is -0.374. The summed E-state index contributed by atoms with van der Waals surface area (Å²) < 4.78 is 20.8. The third-order valence-corrected chi connectivity index (χ3v) is 2.90. The van der Waals surface area contributed by atoms with Gasteiger partial charge >= 0.3 is 0 Å². The number of rotatable bonds is 16. The van der Waals surface area contributed by atoms with Crippen LogP contribution in [0, 0.1) is 0 Å². The van der Waals surface area contributed by atoms with Crippen molar-refractivity contribution in [1.82, 2.24) is 0 Å². The third-order valence-electron chi connectivity index (χ3n) is 2.90. The third kappa shape index (κ3) is 26.6. The van der Waals surface area contributed by atoms with Crippen molar-refractivity contribution < 1.29 is 29.2 Å². The van der Waals surface area contributed by atoms with Crippen molar-refractivity contribution >= 4 is 0 Å². The smallest absolute Gasteiger partial charge is 0.0778 e. The van der Waals surface area contributed by atoms with E-state index in [1.54, 1.807) is 6.92 Å². The van der Waals surface area contributed by atoms with Crippen molar-refractivity contribution in [3.63, 3.8) is 0 Å². The molecule has 0 aromatic heterocycles. The summed E-state index contributed by atoms with van der Waals surface area (Å²) in [6.07, 6.45) is 4.09. The van der Waals surface area contributed by atoms with Crippen LogP contribution in [0.3, 0.4) is 0 Å². The fourth-order valence-electron chi connectivity index (χ4n) is 1.43. The summed E-state index contributed by atoms with van der Waals surface area (Å²) in [5, 5.41) is 17.4. The number of aliphatic hydroxyl groups excluding tert-OH is 2. The summed E-state index contributed by atoms with van der Waals surface area (Å²) in [7, 11) is 0. The quantitative estimate of drug-likeness (QED) is 0.415. The molecular formula is C18H40O6. The monoisotopic (exact) mass is 352 g/mol. The van der Waals surface area contributed by atoms with Gasteiger partial charge in [-0.05, 0) is 26.7 Å². The first-order valence-electron chi connectivity index (χ1n) is 9.22. The van der Waals surface area contributed by atoms with Crippen molar-refractivity contribution in [3.8, 4) is 0 Å². The molecule has 0 fully saturated rings. The molecule has 2 atom stereocenters. The predicted molar refractivity (Wildman–Crippen MR) is 96.5 cm³/mol. The van der Waals surface area contributed by atoms with Gasteiger partial charge in [0.1, 0.15) is 0 Å². The summed E-state index contributed by atoms with van der Waals surface area (Å²) in [4.78, 5) is 0. The molecule has 0 aliphatic carbocycles. The molecule has 2 unspecified atom stereocenters. The van der Waals surface area contributed by atoms with Crippen LogP contribution in [0.5, 0.6) is 0 Å². The van der Waals surface area contributed by atoms with Crippen LogP contribution in [0.2, 0.25) is 0 Å². The van der Waals surface area contributed by atoms with Gasteiger partial charge < -0.3 is 29.2 Å². The Morgan fingerprint density at radius 2 is 1.25 bits per heavy atom. The summed E-state index contributed by atoms with van der Waals surface area (Å²) in [5.74, 6) is 0. The van der Waals surface area contributed by atoms with Gasteiger partial charge in [0.05, 0.1) is 51.8 Å². The van der Waals surface area contributed by atoms with Gasteiger partial charge in [-0.3, -0.25) is 0 Å². The second kappa shape index (κ2) is 22.8. The lowest BCUT2D eigenvalue weighted by molar-refractivity contribution is -0.0107. The van der Waals surface area contributed by atoms with Crippen molar-refractivity contribution in [2.45, 2.75) is 65.6 Å². The van der Waals surface area contributed by atoms with Crippen molar-refractivity contribution in [3.05, 3.63) is 0 Å². The van der Waals surface area contributed by atoms with E-state index in [2.05, 4.69) is 13.8 Å². The lowest BCUT2D eigenvalue weighted by Crippen LogP contribution is -2.16. The number of unbranched alkanes of at least 4 members (excludes halogenated alkanes) is 2. The maximum Gasteiger partial charge on any atom is 0.0778 e. The maximum absolute atomic E-state index is 8.83. The lowest BCUT2D eigenvalue weighted by Gasteiger charge is -2.09. The van der Waals surface area contributed by atoms with E-state index in [4.69, 9.17) is 29.2 Å². The molecule has 0 amide bonds. The van der Waals surface area contributed by atoms with E-state index in [9.17, 15) is 0 Å². The molecule has 2 N–H and O–H groups in total. The Morgan fingerprint density at radius 3 is 1.71 bits per heavy atom. The Kier molecular flexibility index (Phi) is 24.7. The molecule has 148 valence electrons. The van der Waals surface area contributed by atoms with E-state index >= 15 is 0 Å². The van der Waals surface area contributed by atoms with E-state index in [1.165, 1.54) is 0 Å². The summed E-state index contributed by atoms with van der Waals surface area (Å²) in [6.45, 7) is 12.3. The Morgan fingerprint density at radius 1 is 0.750 bits per heavy atom. The first-order valence-corrected chi connectivity index (χ1v) is 9.22. The SMILES string of the molecule is CCCCOCCOC(C)CO.CCCCOCCOCC(C)O. The van der Waals surface area contributed by atoms with Crippen molar-refractivity contribution in [1.29, 1.82) is 0 Å². The highest BCUT2D eigenvalue weighted by atomic mass is 16.5. The number of hydrogen-bond donors (Lipinski definition) is 2. The molecule has 0 bridgehead atoms. The van der Waals surface area contributed by atoms with Crippen LogP contribution in [-0.2, 0) is 18.9 Å². The highest BCUT2D eigenvalue weighted by Crippen LogP contribution is 1.91. The predicted octanol–water partition coefficient (Wildman–Crippen LogP) is 2.40. The van der Waals surface area contributed by atoms with Crippen molar-refractivity contribution in [2.75, 3.05) is 52.9 Å². The maximum atomic E-state index is 8.83. The normalized spacial score (nSPS) is 13.2. The first-order chi connectivity index (χ1) is 11.6. The van der Waals surface area contributed by atoms with Crippen LogP contribution in [0.1, 0.15) is 53.4 Å². The Balaban J connectivity index is 0. The van der Waals surface area contributed by atoms with Gasteiger partial charge in [0.15, 0.2) is 0 Å². The molecule has 0 aliphatic rings. The first kappa shape index (κ1) is 26.0. The second-order valence-electron chi connectivity index (χ2n) is 5.72. The standard InChI is InChI=1S/2C9H20O3/c1-3-4-5-11-6-7-12-8-9(2)10;1-3-4-5-11-6-7-12-9(2)8-10/h2*9-10H,3-8H2,1-2H3. The van der Waals surface area contributed by atoms with Crippen LogP contribution in [0.4, 0.5) is 0 Å². The lowest BCUT2D eigenvalue weighted by atomic mass is 10.4. The number of ether oxygens (including phenoxy) is 4. The molecule has 24 heavy (non-hydrogen) atoms. The molecule has 0 aromatic carbocycles. The minimum Gasteiger partial charge on any atom is -0.394 e. The van der Waals surface area contributed by atoms with Crippen LogP contribution < -0.4 is 0 Å². The van der Waals surface area contributed by atoms with Gasteiger partial charge in [-0.2, -0.15) is 0 Å². The fourth-order valence-corrected chi connectivity index (χ4v) is 1.43. The van der Waals surface area contributed by atoms with E-state index in [0.29, 0.717) is 33.0 Å². The van der Waals surface area contributed by atoms with E-state index in [1.807, 2.05) is 6.92 Å². The molecule has 0 aromatic rings.